The first kappa shape index (κ1) is 13.5. The highest BCUT2D eigenvalue weighted by molar-refractivity contribution is 7.07. The molecule has 2 amide bonds. The summed E-state index contributed by atoms with van der Waals surface area (Å²) < 4.78 is 0. The molecular weight excluding hydrogens is 240 g/mol. The normalized spacial score (nSPS) is 11.8. The monoisotopic (exact) mass is 256 g/mol. The number of urea groups is 1. The van der Waals surface area contributed by atoms with Crippen molar-refractivity contribution in [3.63, 3.8) is 0 Å². The molecule has 5 nitrogen and oxygen atoms in total. The third-order valence-electron chi connectivity index (χ3n) is 2.21. The van der Waals surface area contributed by atoms with Crippen molar-refractivity contribution in [2.45, 2.75) is 32.4 Å². The average molecular weight is 256 g/mol. The maximum atomic E-state index is 11.4. The van der Waals surface area contributed by atoms with Gasteiger partial charge in [0.05, 0.1) is 0 Å². The topological polar surface area (TPSA) is 78.4 Å². The van der Waals surface area contributed by atoms with E-state index in [0.717, 1.165) is 5.56 Å². The smallest absolute Gasteiger partial charge is 0.326 e. The predicted octanol–water partition coefficient (Wildman–Crippen LogP) is 1.80. The third kappa shape index (κ3) is 4.86. The lowest BCUT2D eigenvalue weighted by atomic mass is 10.2. The van der Waals surface area contributed by atoms with Crippen LogP contribution in [0.5, 0.6) is 0 Å². The summed E-state index contributed by atoms with van der Waals surface area (Å²) in [7, 11) is 0. The second-order valence-electron chi connectivity index (χ2n) is 3.64. The Morgan fingerprint density at radius 3 is 2.82 bits per heavy atom. The molecule has 0 radical (unpaired) electrons. The maximum absolute atomic E-state index is 11.4. The summed E-state index contributed by atoms with van der Waals surface area (Å²) in [6, 6.07) is 0.644. The van der Waals surface area contributed by atoms with Crippen molar-refractivity contribution in [2.75, 3.05) is 0 Å². The number of carbonyl (C=O) groups is 2. The Bertz CT molecular complexity index is 365. The molecule has 0 fully saturated rings. The fourth-order valence-corrected chi connectivity index (χ4v) is 2.00. The van der Waals surface area contributed by atoms with Crippen LogP contribution in [0.3, 0.4) is 0 Å². The zero-order valence-electron chi connectivity index (χ0n) is 9.60. The van der Waals surface area contributed by atoms with Gasteiger partial charge in [0, 0.05) is 6.54 Å². The van der Waals surface area contributed by atoms with Gasteiger partial charge in [-0.15, -0.1) is 0 Å². The molecule has 1 heterocycles. The van der Waals surface area contributed by atoms with Crippen molar-refractivity contribution < 1.29 is 14.7 Å². The average Bonchev–Trinajstić information content (AvgIpc) is 2.78. The SMILES string of the molecule is CCCC(NC(=O)NCc1ccsc1)C(=O)O. The van der Waals surface area contributed by atoms with Gasteiger partial charge in [-0.05, 0) is 28.8 Å². The number of hydrogen-bond acceptors (Lipinski definition) is 3. The number of nitrogens with one attached hydrogen (secondary N) is 2. The van der Waals surface area contributed by atoms with E-state index in [0.29, 0.717) is 19.4 Å². The molecule has 1 unspecified atom stereocenters. The second-order valence-corrected chi connectivity index (χ2v) is 4.42. The summed E-state index contributed by atoms with van der Waals surface area (Å²) in [5.74, 6) is -1.00. The number of hydrogen-bond donors (Lipinski definition) is 3. The van der Waals surface area contributed by atoms with Crippen LogP contribution in [-0.4, -0.2) is 23.1 Å². The lowest BCUT2D eigenvalue weighted by Crippen LogP contribution is -2.45. The summed E-state index contributed by atoms with van der Waals surface area (Å²) in [5, 5.41) is 17.8. The summed E-state index contributed by atoms with van der Waals surface area (Å²) in [6.07, 6.45) is 1.14. The minimum Gasteiger partial charge on any atom is -0.480 e. The van der Waals surface area contributed by atoms with Crippen molar-refractivity contribution in [1.82, 2.24) is 10.6 Å². The van der Waals surface area contributed by atoms with E-state index in [9.17, 15) is 9.59 Å². The molecule has 0 spiro atoms. The molecule has 0 aliphatic heterocycles. The number of carboxylic acids is 1. The van der Waals surface area contributed by atoms with Gasteiger partial charge in [-0.3, -0.25) is 0 Å². The largest absolute Gasteiger partial charge is 0.480 e. The lowest BCUT2D eigenvalue weighted by Gasteiger charge is -2.13. The summed E-state index contributed by atoms with van der Waals surface area (Å²) >= 11 is 1.55. The van der Waals surface area contributed by atoms with Gasteiger partial charge in [-0.25, -0.2) is 9.59 Å². The van der Waals surface area contributed by atoms with Crippen LogP contribution in [0, 0.1) is 0 Å². The van der Waals surface area contributed by atoms with Gasteiger partial charge in [0.1, 0.15) is 6.04 Å². The van der Waals surface area contributed by atoms with Crippen molar-refractivity contribution in [3.8, 4) is 0 Å². The zero-order valence-corrected chi connectivity index (χ0v) is 10.4. The van der Waals surface area contributed by atoms with E-state index in [1.54, 1.807) is 11.3 Å². The summed E-state index contributed by atoms with van der Waals surface area (Å²) in [6.45, 7) is 2.29. The van der Waals surface area contributed by atoms with E-state index in [4.69, 9.17) is 5.11 Å². The second kappa shape index (κ2) is 6.90. The molecule has 0 aromatic carbocycles. The van der Waals surface area contributed by atoms with Crippen LogP contribution in [0.4, 0.5) is 4.79 Å². The fraction of sp³-hybridized carbons (Fsp3) is 0.455. The van der Waals surface area contributed by atoms with E-state index in [2.05, 4.69) is 10.6 Å². The minimum atomic E-state index is -1.00. The molecular formula is C11H16N2O3S. The zero-order chi connectivity index (χ0) is 12.7. The summed E-state index contributed by atoms with van der Waals surface area (Å²) in [5.41, 5.74) is 1.01. The standard InChI is InChI=1S/C11H16N2O3S/c1-2-3-9(10(14)15)13-11(16)12-6-8-4-5-17-7-8/h4-5,7,9H,2-3,6H2,1H3,(H,14,15)(H2,12,13,16). The molecule has 0 saturated heterocycles. The van der Waals surface area contributed by atoms with Crippen molar-refractivity contribution in [1.29, 1.82) is 0 Å². The Morgan fingerprint density at radius 2 is 2.29 bits per heavy atom. The number of aliphatic carboxylic acids is 1. The van der Waals surface area contributed by atoms with Crippen molar-refractivity contribution >= 4 is 23.3 Å². The Morgan fingerprint density at radius 1 is 1.53 bits per heavy atom. The van der Waals surface area contributed by atoms with Gasteiger partial charge in [0.15, 0.2) is 0 Å². The van der Waals surface area contributed by atoms with Gasteiger partial charge >= 0.3 is 12.0 Å². The number of amides is 2. The molecule has 6 heteroatoms. The molecule has 0 bridgehead atoms. The predicted molar refractivity (Wildman–Crippen MR) is 66.0 cm³/mol. The van der Waals surface area contributed by atoms with Crippen molar-refractivity contribution in [2.24, 2.45) is 0 Å². The van der Waals surface area contributed by atoms with Crippen LogP contribution in [-0.2, 0) is 11.3 Å². The van der Waals surface area contributed by atoms with Crippen molar-refractivity contribution in [3.05, 3.63) is 22.4 Å². The Balaban J connectivity index is 2.34. The van der Waals surface area contributed by atoms with Gasteiger partial charge in [-0.1, -0.05) is 13.3 Å². The Hall–Kier alpha value is -1.56. The Labute approximate surface area is 104 Å². The number of carbonyl (C=O) groups excluding carboxylic acids is 1. The fourth-order valence-electron chi connectivity index (χ4n) is 1.33. The number of carboxylic acid groups (broad SMARTS) is 1. The molecule has 17 heavy (non-hydrogen) atoms. The number of thiophene rings is 1. The molecule has 0 aliphatic rings. The van der Waals surface area contributed by atoms with Crippen LogP contribution in [0.15, 0.2) is 16.8 Å². The van der Waals surface area contributed by atoms with Gasteiger partial charge in [0.2, 0.25) is 0 Å². The summed E-state index contributed by atoms with van der Waals surface area (Å²) in [4.78, 5) is 22.3. The van der Waals surface area contributed by atoms with E-state index < -0.39 is 18.0 Å². The lowest BCUT2D eigenvalue weighted by molar-refractivity contribution is -0.139. The van der Waals surface area contributed by atoms with Crippen LogP contribution in [0.2, 0.25) is 0 Å². The first-order valence-corrected chi connectivity index (χ1v) is 6.36. The molecule has 94 valence electrons. The van der Waals surface area contributed by atoms with Crippen LogP contribution in [0.1, 0.15) is 25.3 Å². The quantitative estimate of drug-likeness (QED) is 0.726. The molecule has 3 N–H and O–H groups in total. The molecule has 0 saturated carbocycles. The highest BCUT2D eigenvalue weighted by Crippen LogP contribution is 2.04. The van der Waals surface area contributed by atoms with Gasteiger partial charge in [0.25, 0.3) is 0 Å². The number of rotatable bonds is 6. The first-order valence-electron chi connectivity index (χ1n) is 5.41. The minimum absolute atomic E-state index is 0.411. The van der Waals surface area contributed by atoms with Gasteiger partial charge in [-0.2, -0.15) is 11.3 Å². The van der Waals surface area contributed by atoms with E-state index >= 15 is 0 Å². The van der Waals surface area contributed by atoms with Crippen LogP contribution < -0.4 is 10.6 Å². The van der Waals surface area contributed by atoms with Crippen LogP contribution in [0.25, 0.3) is 0 Å². The third-order valence-corrected chi connectivity index (χ3v) is 2.95. The highest BCUT2D eigenvalue weighted by Gasteiger charge is 2.18. The van der Waals surface area contributed by atoms with E-state index in [1.165, 1.54) is 0 Å². The molecule has 1 aromatic heterocycles. The van der Waals surface area contributed by atoms with Crippen LogP contribution >= 0.6 is 11.3 Å². The molecule has 1 aromatic rings. The maximum Gasteiger partial charge on any atom is 0.326 e. The van der Waals surface area contributed by atoms with E-state index in [1.807, 2.05) is 23.8 Å². The Kier molecular flexibility index (Phi) is 5.48. The van der Waals surface area contributed by atoms with E-state index in [-0.39, 0.29) is 0 Å². The first-order chi connectivity index (χ1) is 8.13. The van der Waals surface area contributed by atoms with Gasteiger partial charge < -0.3 is 15.7 Å². The highest BCUT2D eigenvalue weighted by atomic mass is 32.1. The molecule has 1 rings (SSSR count). The molecule has 1 atom stereocenters. The molecule has 0 aliphatic carbocycles.